The fourth-order valence-electron chi connectivity index (χ4n) is 2.64. The lowest BCUT2D eigenvalue weighted by atomic mass is 10.1. The summed E-state index contributed by atoms with van der Waals surface area (Å²) in [4.78, 5) is 25.7. The molecule has 0 N–H and O–H groups in total. The van der Waals surface area contributed by atoms with Crippen LogP contribution < -0.4 is 0 Å². The molecule has 20 heavy (non-hydrogen) atoms. The van der Waals surface area contributed by atoms with E-state index in [1.54, 1.807) is 0 Å². The number of nitrogens with zero attached hydrogens (tertiary/aromatic N) is 4. The van der Waals surface area contributed by atoms with E-state index in [4.69, 9.17) is 4.74 Å². The third-order valence-corrected chi connectivity index (χ3v) is 3.64. The van der Waals surface area contributed by atoms with Gasteiger partial charge in [-0.3, -0.25) is 9.69 Å². The van der Waals surface area contributed by atoms with E-state index in [-0.39, 0.29) is 11.9 Å². The average molecular weight is 284 g/mol. The van der Waals surface area contributed by atoms with Crippen molar-refractivity contribution in [2.45, 2.75) is 26.2 Å². The lowest BCUT2D eigenvalue weighted by Crippen LogP contribution is -2.47. The van der Waals surface area contributed by atoms with Crippen molar-refractivity contribution >= 4 is 11.9 Å². The molecule has 0 aromatic rings. The fourth-order valence-corrected chi connectivity index (χ4v) is 2.64. The van der Waals surface area contributed by atoms with E-state index >= 15 is 0 Å². The van der Waals surface area contributed by atoms with Crippen LogP contribution in [0, 0.1) is 16.0 Å². The van der Waals surface area contributed by atoms with Gasteiger partial charge in [-0.25, -0.2) is 10.1 Å². The first-order valence-corrected chi connectivity index (χ1v) is 6.91. The van der Waals surface area contributed by atoms with Crippen molar-refractivity contribution in [1.29, 1.82) is 0 Å². The quantitative estimate of drug-likeness (QED) is 0.556. The molecule has 0 aliphatic carbocycles. The highest BCUT2D eigenvalue weighted by molar-refractivity contribution is 5.95. The number of rotatable bonds is 3. The number of carbonyl (C=O) groups excluding carboxylic acids is 1. The van der Waals surface area contributed by atoms with Gasteiger partial charge >= 0.3 is 0 Å². The molecule has 2 heterocycles. The minimum Gasteiger partial charge on any atom is -0.381 e. The van der Waals surface area contributed by atoms with E-state index < -0.39 is 5.03 Å². The maximum absolute atomic E-state index is 11.7. The Kier molecular flexibility index (Phi) is 4.89. The average Bonchev–Trinajstić information content (AvgIpc) is 2.79. The second kappa shape index (κ2) is 6.65. The number of carbonyl (C=O) groups is 1. The highest BCUT2D eigenvalue weighted by Gasteiger charge is 2.30. The second-order valence-corrected chi connectivity index (χ2v) is 5.19. The van der Waals surface area contributed by atoms with Gasteiger partial charge < -0.3 is 9.64 Å². The number of hydrazone groups is 1. The van der Waals surface area contributed by atoms with Crippen molar-refractivity contribution in [2.75, 3.05) is 32.8 Å². The van der Waals surface area contributed by atoms with E-state index in [2.05, 4.69) is 5.10 Å². The van der Waals surface area contributed by atoms with Crippen LogP contribution in [0.4, 0.5) is 0 Å². The van der Waals surface area contributed by atoms with E-state index in [9.17, 15) is 14.9 Å². The first-order valence-electron chi connectivity index (χ1n) is 6.91. The van der Waals surface area contributed by atoms with E-state index in [0.717, 1.165) is 25.9 Å². The van der Waals surface area contributed by atoms with Gasteiger partial charge in [-0.2, -0.15) is 0 Å². The Morgan fingerprint density at radius 1 is 1.50 bits per heavy atom. The smallest absolute Gasteiger partial charge is 0.280 e. The fraction of sp³-hybridized carbons (Fsp3) is 0.833. The molecule has 0 bridgehead atoms. The van der Waals surface area contributed by atoms with Gasteiger partial charge in [-0.1, -0.05) is 0 Å². The van der Waals surface area contributed by atoms with Crippen LogP contribution in [0.5, 0.6) is 0 Å². The molecule has 2 fully saturated rings. The molecule has 1 amide bonds. The Hall–Kier alpha value is -1.70. The third kappa shape index (κ3) is 3.66. The van der Waals surface area contributed by atoms with Crippen LogP contribution in [-0.4, -0.2) is 59.5 Å². The molecule has 2 aliphatic rings. The normalized spacial score (nSPS) is 25.9. The first kappa shape index (κ1) is 14.7. The summed E-state index contributed by atoms with van der Waals surface area (Å²) in [5.41, 5.74) is 0. The van der Waals surface area contributed by atoms with Crippen LogP contribution >= 0.6 is 0 Å². The highest BCUT2D eigenvalue weighted by Crippen LogP contribution is 2.18. The minimum atomic E-state index is -0.727. The zero-order chi connectivity index (χ0) is 14.5. The highest BCUT2D eigenvalue weighted by atomic mass is 16.7. The van der Waals surface area contributed by atoms with Gasteiger partial charge in [-0.05, 0) is 19.3 Å². The SMILES string of the molecule is CC(=O)N1CCCCN(CC2CCOC2)/C1=N\[N+](=O)[O-]. The summed E-state index contributed by atoms with van der Waals surface area (Å²) < 4.78 is 5.34. The van der Waals surface area contributed by atoms with Crippen molar-refractivity contribution in [3.63, 3.8) is 0 Å². The van der Waals surface area contributed by atoms with E-state index in [1.165, 1.54) is 11.8 Å². The zero-order valence-corrected chi connectivity index (χ0v) is 11.7. The van der Waals surface area contributed by atoms with Crippen molar-refractivity contribution in [1.82, 2.24) is 9.80 Å². The lowest BCUT2D eigenvalue weighted by molar-refractivity contribution is -0.486. The number of ether oxygens (including phenoxy) is 1. The van der Waals surface area contributed by atoms with Crippen molar-refractivity contribution in [2.24, 2.45) is 11.0 Å². The van der Waals surface area contributed by atoms with Crippen LogP contribution in [0.25, 0.3) is 0 Å². The Bertz CT molecular complexity index is 406. The molecular formula is C12H20N4O4. The predicted molar refractivity (Wildman–Crippen MR) is 71.5 cm³/mol. The van der Waals surface area contributed by atoms with Crippen LogP contribution in [0.2, 0.25) is 0 Å². The molecule has 2 saturated heterocycles. The summed E-state index contributed by atoms with van der Waals surface area (Å²) >= 11 is 0. The zero-order valence-electron chi connectivity index (χ0n) is 11.7. The van der Waals surface area contributed by atoms with Crippen molar-refractivity contribution < 1.29 is 14.6 Å². The van der Waals surface area contributed by atoms with Crippen LogP contribution in [0.1, 0.15) is 26.2 Å². The van der Waals surface area contributed by atoms with E-state index in [1.807, 2.05) is 4.90 Å². The van der Waals surface area contributed by atoms with Gasteiger partial charge in [0.2, 0.25) is 5.91 Å². The Labute approximate surface area is 117 Å². The molecule has 0 aromatic carbocycles. The topological polar surface area (TPSA) is 88.3 Å². The lowest BCUT2D eigenvalue weighted by Gasteiger charge is -2.29. The number of amides is 1. The summed E-state index contributed by atoms with van der Waals surface area (Å²) in [7, 11) is 0. The maximum Gasteiger partial charge on any atom is 0.280 e. The number of hydrogen-bond acceptors (Lipinski definition) is 4. The summed E-state index contributed by atoms with van der Waals surface area (Å²) in [6.07, 6.45) is 2.67. The predicted octanol–water partition coefficient (Wildman–Crippen LogP) is 0.515. The van der Waals surface area contributed by atoms with Gasteiger partial charge in [0.15, 0.2) is 5.03 Å². The molecule has 8 nitrogen and oxygen atoms in total. The molecule has 112 valence electrons. The molecule has 8 heteroatoms. The molecule has 1 unspecified atom stereocenters. The number of nitro groups is 1. The molecular weight excluding hydrogens is 264 g/mol. The van der Waals surface area contributed by atoms with Gasteiger partial charge in [0.05, 0.1) is 6.61 Å². The molecule has 0 aromatic heterocycles. The maximum atomic E-state index is 11.7. The van der Waals surface area contributed by atoms with Crippen LogP contribution in [0.15, 0.2) is 5.10 Å². The van der Waals surface area contributed by atoms with Crippen molar-refractivity contribution in [3.05, 3.63) is 10.1 Å². The van der Waals surface area contributed by atoms with Crippen LogP contribution in [0.3, 0.4) is 0 Å². The van der Waals surface area contributed by atoms with Gasteiger partial charge in [0, 0.05) is 39.1 Å². The van der Waals surface area contributed by atoms with Gasteiger partial charge in [0.1, 0.15) is 5.10 Å². The monoisotopic (exact) mass is 284 g/mol. The number of guanidine groups is 1. The Balaban J connectivity index is 2.19. The summed E-state index contributed by atoms with van der Waals surface area (Å²) in [6.45, 7) is 4.64. The van der Waals surface area contributed by atoms with Gasteiger partial charge in [-0.15, -0.1) is 0 Å². The Morgan fingerprint density at radius 2 is 2.25 bits per heavy atom. The molecule has 0 radical (unpaired) electrons. The third-order valence-electron chi connectivity index (χ3n) is 3.64. The molecule has 0 spiro atoms. The van der Waals surface area contributed by atoms with E-state index in [0.29, 0.717) is 32.2 Å². The summed E-state index contributed by atoms with van der Waals surface area (Å²) in [5, 5.41) is 13.5. The first-order chi connectivity index (χ1) is 9.58. The molecule has 2 rings (SSSR count). The number of hydrogen-bond donors (Lipinski definition) is 0. The van der Waals surface area contributed by atoms with Crippen LogP contribution in [-0.2, 0) is 9.53 Å². The molecule has 2 aliphatic heterocycles. The van der Waals surface area contributed by atoms with Crippen molar-refractivity contribution in [3.8, 4) is 0 Å². The Morgan fingerprint density at radius 3 is 2.85 bits per heavy atom. The minimum absolute atomic E-state index is 0.173. The summed E-state index contributed by atoms with van der Waals surface area (Å²) in [5.74, 6) is 0.311. The molecule has 0 saturated carbocycles. The second-order valence-electron chi connectivity index (χ2n) is 5.19. The standard InChI is InChI=1S/C12H20N4O4/c1-10(17)15-6-3-2-5-14(12(15)13-16(18)19)8-11-4-7-20-9-11/h11H,2-9H2,1H3/b13-12+. The van der Waals surface area contributed by atoms with Gasteiger partial charge in [0.25, 0.3) is 5.96 Å². The largest absolute Gasteiger partial charge is 0.381 e. The molecule has 1 atom stereocenters. The summed E-state index contributed by atoms with van der Waals surface area (Å²) in [6, 6.07) is 0.